The summed E-state index contributed by atoms with van der Waals surface area (Å²) in [4.78, 5) is 13.9. The standard InChI is InChI=1S/C21H24N2O2/c24-20-22-16-21(25-20)10-5-12-23(13-11-21)15-17-6-4-9-19(14-17)18-7-2-1-3-8-18/h1-4,6-9,14H,5,10-13,15-16H2,(H,22,24)/t21-/m1/s1. The molecule has 1 atom stereocenters. The molecule has 25 heavy (non-hydrogen) atoms. The van der Waals surface area contributed by atoms with Crippen molar-refractivity contribution in [2.45, 2.75) is 31.4 Å². The molecule has 2 aliphatic heterocycles. The highest BCUT2D eigenvalue weighted by molar-refractivity contribution is 5.70. The third kappa shape index (κ3) is 3.69. The van der Waals surface area contributed by atoms with Gasteiger partial charge < -0.3 is 10.1 Å². The van der Waals surface area contributed by atoms with E-state index in [9.17, 15) is 4.79 Å². The zero-order chi connectivity index (χ0) is 17.1. The number of likely N-dealkylation sites (tertiary alicyclic amines) is 1. The average molecular weight is 336 g/mol. The van der Waals surface area contributed by atoms with Crippen LogP contribution in [0.5, 0.6) is 0 Å². The second kappa shape index (κ2) is 6.89. The highest BCUT2D eigenvalue weighted by Crippen LogP contribution is 2.30. The predicted octanol–water partition coefficient (Wildman–Crippen LogP) is 3.82. The van der Waals surface area contributed by atoms with Gasteiger partial charge >= 0.3 is 6.09 Å². The van der Waals surface area contributed by atoms with Crippen LogP contribution in [-0.2, 0) is 11.3 Å². The molecule has 1 N–H and O–H groups in total. The lowest BCUT2D eigenvalue weighted by atomic mass is 9.95. The largest absolute Gasteiger partial charge is 0.441 e. The van der Waals surface area contributed by atoms with Gasteiger partial charge in [0, 0.05) is 19.5 Å². The summed E-state index contributed by atoms with van der Waals surface area (Å²) in [6, 6.07) is 19.3. The predicted molar refractivity (Wildman–Crippen MR) is 98.2 cm³/mol. The van der Waals surface area contributed by atoms with Gasteiger partial charge in [-0.15, -0.1) is 0 Å². The van der Waals surface area contributed by atoms with Crippen molar-refractivity contribution in [3.8, 4) is 11.1 Å². The number of ether oxygens (including phenoxy) is 1. The van der Waals surface area contributed by atoms with Crippen molar-refractivity contribution in [3.63, 3.8) is 0 Å². The molecule has 0 aliphatic carbocycles. The van der Waals surface area contributed by atoms with Crippen LogP contribution in [0.15, 0.2) is 54.6 Å². The highest BCUT2D eigenvalue weighted by atomic mass is 16.6. The number of carbonyl (C=O) groups excluding carboxylic acids is 1. The Morgan fingerprint density at radius 3 is 2.64 bits per heavy atom. The SMILES string of the molecule is O=C1NC[C@]2(CCCN(Cc3cccc(-c4ccccc4)c3)CC2)O1. The van der Waals surface area contributed by atoms with Crippen LogP contribution in [0.1, 0.15) is 24.8 Å². The van der Waals surface area contributed by atoms with Crippen molar-refractivity contribution >= 4 is 6.09 Å². The van der Waals surface area contributed by atoms with Crippen LogP contribution in [0.3, 0.4) is 0 Å². The first-order valence-corrected chi connectivity index (χ1v) is 9.06. The van der Waals surface area contributed by atoms with E-state index in [2.05, 4.69) is 58.7 Å². The van der Waals surface area contributed by atoms with Gasteiger partial charge in [0.2, 0.25) is 0 Å². The molecule has 1 amide bonds. The third-order valence-corrected chi connectivity index (χ3v) is 5.29. The van der Waals surface area contributed by atoms with E-state index in [-0.39, 0.29) is 11.7 Å². The molecule has 2 heterocycles. The van der Waals surface area contributed by atoms with E-state index in [0.717, 1.165) is 38.9 Å². The molecule has 2 aromatic carbocycles. The molecule has 2 saturated heterocycles. The molecule has 4 rings (SSSR count). The Balaban J connectivity index is 1.43. The minimum Gasteiger partial charge on any atom is -0.441 e. The van der Waals surface area contributed by atoms with E-state index >= 15 is 0 Å². The van der Waals surface area contributed by atoms with Crippen LogP contribution in [0.2, 0.25) is 0 Å². The highest BCUT2D eigenvalue weighted by Gasteiger charge is 2.41. The zero-order valence-electron chi connectivity index (χ0n) is 14.4. The summed E-state index contributed by atoms with van der Waals surface area (Å²) in [6.45, 7) is 3.61. The first-order chi connectivity index (χ1) is 12.2. The van der Waals surface area contributed by atoms with Crippen LogP contribution >= 0.6 is 0 Å². The summed E-state index contributed by atoms with van der Waals surface area (Å²) in [5.74, 6) is 0. The number of amides is 1. The molecule has 130 valence electrons. The number of hydrogen-bond acceptors (Lipinski definition) is 3. The molecule has 2 fully saturated rings. The number of rotatable bonds is 3. The Bertz CT molecular complexity index is 747. The summed E-state index contributed by atoms with van der Waals surface area (Å²) in [5.41, 5.74) is 3.57. The maximum absolute atomic E-state index is 11.4. The normalized spacial score (nSPS) is 23.9. The maximum Gasteiger partial charge on any atom is 0.407 e. The topological polar surface area (TPSA) is 41.6 Å². The average Bonchev–Trinajstić information content (AvgIpc) is 2.90. The summed E-state index contributed by atoms with van der Waals surface area (Å²) in [7, 11) is 0. The van der Waals surface area contributed by atoms with Gasteiger partial charge in [-0.1, -0.05) is 48.5 Å². The molecule has 0 bridgehead atoms. The first kappa shape index (κ1) is 16.2. The number of nitrogens with zero attached hydrogens (tertiary/aromatic N) is 1. The smallest absolute Gasteiger partial charge is 0.407 e. The zero-order valence-corrected chi connectivity index (χ0v) is 14.4. The van der Waals surface area contributed by atoms with Crippen molar-refractivity contribution in [2.75, 3.05) is 19.6 Å². The molecule has 0 unspecified atom stereocenters. The van der Waals surface area contributed by atoms with Gasteiger partial charge in [0.1, 0.15) is 5.60 Å². The lowest BCUT2D eigenvalue weighted by Gasteiger charge is -2.25. The Hall–Kier alpha value is -2.33. The number of nitrogens with one attached hydrogen (secondary N) is 1. The van der Waals surface area contributed by atoms with Crippen molar-refractivity contribution < 1.29 is 9.53 Å². The molecule has 2 aliphatic rings. The molecule has 4 nitrogen and oxygen atoms in total. The summed E-state index contributed by atoms with van der Waals surface area (Å²) >= 11 is 0. The fraction of sp³-hybridized carbons (Fsp3) is 0.381. The lowest BCUT2D eigenvalue weighted by molar-refractivity contribution is 0.0443. The van der Waals surface area contributed by atoms with Crippen LogP contribution in [0.4, 0.5) is 4.79 Å². The van der Waals surface area contributed by atoms with Crippen molar-refractivity contribution in [3.05, 3.63) is 60.2 Å². The van der Waals surface area contributed by atoms with Gasteiger partial charge in [-0.2, -0.15) is 0 Å². The Morgan fingerprint density at radius 2 is 1.84 bits per heavy atom. The number of alkyl carbamates (subject to hydrolysis) is 1. The van der Waals surface area contributed by atoms with Crippen molar-refractivity contribution in [1.29, 1.82) is 0 Å². The molecule has 4 heteroatoms. The van der Waals surface area contributed by atoms with Gasteiger partial charge in [-0.3, -0.25) is 4.90 Å². The van der Waals surface area contributed by atoms with Crippen LogP contribution in [-0.4, -0.2) is 36.2 Å². The third-order valence-electron chi connectivity index (χ3n) is 5.29. The molecular weight excluding hydrogens is 312 g/mol. The van der Waals surface area contributed by atoms with Crippen LogP contribution in [0, 0.1) is 0 Å². The van der Waals surface area contributed by atoms with Crippen molar-refractivity contribution in [2.24, 2.45) is 0 Å². The number of hydrogen-bond donors (Lipinski definition) is 1. The van der Waals surface area contributed by atoms with Gasteiger partial charge in [0.05, 0.1) is 6.54 Å². The fourth-order valence-electron chi connectivity index (χ4n) is 3.90. The number of carbonyl (C=O) groups is 1. The summed E-state index contributed by atoms with van der Waals surface area (Å²) in [5, 5.41) is 2.82. The minimum atomic E-state index is -0.280. The van der Waals surface area contributed by atoms with Crippen molar-refractivity contribution in [1.82, 2.24) is 10.2 Å². The first-order valence-electron chi connectivity index (χ1n) is 9.06. The minimum absolute atomic E-state index is 0.260. The van der Waals surface area contributed by atoms with Gasteiger partial charge in [-0.05, 0) is 42.1 Å². The monoisotopic (exact) mass is 336 g/mol. The van der Waals surface area contributed by atoms with Gasteiger partial charge in [-0.25, -0.2) is 4.79 Å². The fourth-order valence-corrected chi connectivity index (χ4v) is 3.90. The van der Waals surface area contributed by atoms with Crippen LogP contribution < -0.4 is 5.32 Å². The van der Waals surface area contributed by atoms with E-state index in [1.807, 2.05) is 6.07 Å². The molecular formula is C21H24N2O2. The van der Waals surface area contributed by atoms with Crippen LogP contribution in [0.25, 0.3) is 11.1 Å². The summed E-state index contributed by atoms with van der Waals surface area (Å²) < 4.78 is 5.57. The van der Waals surface area contributed by atoms with E-state index in [0.29, 0.717) is 6.54 Å². The Labute approximate surface area is 148 Å². The molecule has 1 spiro atoms. The lowest BCUT2D eigenvalue weighted by Crippen LogP contribution is -2.34. The van der Waals surface area contributed by atoms with Gasteiger partial charge in [0.25, 0.3) is 0 Å². The summed E-state index contributed by atoms with van der Waals surface area (Å²) in [6.07, 6.45) is 2.66. The second-order valence-corrected chi connectivity index (χ2v) is 7.12. The van der Waals surface area contributed by atoms with E-state index in [4.69, 9.17) is 4.74 Å². The van der Waals surface area contributed by atoms with E-state index in [1.165, 1.54) is 16.7 Å². The maximum atomic E-state index is 11.4. The Kier molecular flexibility index (Phi) is 4.45. The van der Waals surface area contributed by atoms with E-state index < -0.39 is 0 Å². The van der Waals surface area contributed by atoms with E-state index in [1.54, 1.807) is 0 Å². The molecule has 2 aromatic rings. The molecule has 0 radical (unpaired) electrons. The van der Waals surface area contributed by atoms with Gasteiger partial charge in [0.15, 0.2) is 0 Å². The quantitative estimate of drug-likeness (QED) is 0.926. The second-order valence-electron chi connectivity index (χ2n) is 7.12. The molecule has 0 saturated carbocycles. The number of benzene rings is 2. The molecule has 0 aromatic heterocycles. The Morgan fingerprint density at radius 1 is 1.00 bits per heavy atom.